The molecule has 41 heavy (non-hydrogen) atoms. The summed E-state index contributed by atoms with van der Waals surface area (Å²) in [6.45, 7) is 7.33. The van der Waals surface area contributed by atoms with Crippen LogP contribution in [0.4, 0.5) is 15.8 Å². The van der Waals surface area contributed by atoms with Crippen molar-refractivity contribution in [2.75, 3.05) is 36.5 Å². The molecule has 2 N–H and O–H groups in total. The maximum absolute atomic E-state index is 13.8. The van der Waals surface area contributed by atoms with Gasteiger partial charge in [0.05, 0.1) is 36.7 Å². The summed E-state index contributed by atoms with van der Waals surface area (Å²) in [5.74, 6) is -0.113. The number of aromatic nitrogens is 1. The highest BCUT2D eigenvalue weighted by Crippen LogP contribution is 2.46. The Kier molecular flexibility index (Phi) is 6.31. The maximum Gasteiger partial charge on any atom is 0.258 e. The normalized spacial score (nSPS) is 19.2. The van der Waals surface area contributed by atoms with Gasteiger partial charge in [0.15, 0.2) is 0 Å². The number of ether oxygens (including phenoxy) is 1. The number of nitrogens with zero attached hydrogens (tertiary/aromatic N) is 2. The van der Waals surface area contributed by atoms with Crippen molar-refractivity contribution in [3.63, 3.8) is 0 Å². The molecule has 6 nitrogen and oxygen atoms in total. The van der Waals surface area contributed by atoms with Gasteiger partial charge in [0.1, 0.15) is 5.82 Å². The number of aryl methyl sites for hydroxylation is 1. The molecule has 7 heteroatoms. The van der Waals surface area contributed by atoms with Crippen molar-refractivity contribution in [3.05, 3.63) is 107 Å². The van der Waals surface area contributed by atoms with Crippen LogP contribution < -0.4 is 15.5 Å². The second kappa shape index (κ2) is 10.2. The lowest BCUT2D eigenvalue weighted by molar-refractivity contribution is -0.111. The van der Waals surface area contributed by atoms with Crippen LogP contribution >= 0.6 is 0 Å². The van der Waals surface area contributed by atoms with E-state index >= 15 is 0 Å². The molecule has 2 atom stereocenters. The highest BCUT2D eigenvalue weighted by Gasteiger charge is 2.45. The molecule has 0 bridgehead atoms. The van der Waals surface area contributed by atoms with Crippen LogP contribution in [0.3, 0.4) is 0 Å². The molecule has 0 radical (unpaired) electrons. The molecular formula is C34H31FN4O2. The Bertz CT molecular complexity index is 1690. The van der Waals surface area contributed by atoms with Crippen LogP contribution in [0.5, 0.6) is 0 Å². The molecule has 7 rings (SSSR count). The number of carbonyl (C=O) groups is 1. The Morgan fingerprint density at radius 3 is 2.51 bits per heavy atom. The van der Waals surface area contributed by atoms with E-state index in [0.717, 1.165) is 82.3 Å². The van der Waals surface area contributed by atoms with Gasteiger partial charge in [-0.3, -0.25) is 9.78 Å². The fraction of sp³-hybridized carbons (Fsp3) is 0.235. The number of halogens is 1. The first-order valence-corrected chi connectivity index (χ1v) is 14.1. The molecule has 2 aliphatic heterocycles. The Hall–Kier alpha value is -4.49. The largest absolute Gasteiger partial charge is 0.378 e. The quantitative estimate of drug-likeness (QED) is 0.294. The van der Waals surface area contributed by atoms with Gasteiger partial charge in [-0.15, -0.1) is 0 Å². The molecule has 1 amide bonds. The van der Waals surface area contributed by atoms with Crippen LogP contribution in [-0.4, -0.2) is 43.2 Å². The number of pyridine rings is 1. The number of hydrogen-bond donors (Lipinski definition) is 2. The molecule has 0 spiro atoms. The Morgan fingerprint density at radius 1 is 0.951 bits per heavy atom. The SMILES string of the molecule is Cc1cc(NC(=O)C2=C3NC3[C@@H](C)c3ccc(-c4cncc(N5CCOCC5)c4)cc32)ccc1-c1ccc(F)cc1. The number of anilines is 2. The summed E-state index contributed by atoms with van der Waals surface area (Å²) in [4.78, 5) is 20.6. The zero-order valence-corrected chi connectivity index (χ0v) is 23.1. The van der Waals surface area contributed by atoms with Gasteiger partial charge in [-0.1, -0.05) is 37.3 Å². The fourth-order valence-electron chi connectivity index (χ4n) is 6.12. The fourth-order valence-corrected chi connectivity index (χ4v) is 6.12. The number of hydrogen-bond acceptors (Lipinski definition) is 5. The third-order valence-corrected chi connectivity index (χ3v) is 8.42. The summed E-state index contributed by atoms with van der Waals surface area (Å²) in [6, 6.07) is 21.1. The third-order valence-electron chi connectivity index (χ3n) is 8.42. The first kappa shape index (κ1) is 25.5. The number of morpholine rings is 1. The predicted octanol–water partition coefficient (Wildman–Crippen LogP) is 6.14. The predicted molar refractivity (Wildman–Crippen MR) is 160 cm³/mol. The molecule has 3 aliphatic rings. The van der Waals surface area contributed by atoms with Crippen LogP contribution in [0.25, 0.3) is 27.8 Å². The molecule has 206 valence electrons. The first-order valence-electron chi connectivity index (χ1n) is 14.1. The zero-order valence-electron chi connectivity index (χ0n) is 23.1. The van der Waals surface area contributed by atoms with E-state index in [2.05, 4.69) is 51.7 Å². The van der Waals surface area contributed by atoms with E-state index < -0.39 is 0 Å². The molecule has 3 heterocycles. The molecule has 2 fully saturated rings. The molecular weight excluding hydrogens is 515 g/mol. The van der Waals surface area contributed by atoms with E-state index in [1.54, 1.807) is 12.1 Å². The Labute approximate surface area is 238 Å². The molecule has 1 unspecified atom stereocenters. The highest BCUT2D eigenvalue weighted by atomic mass is 19.1. The summed E-state index contributed by atoms with van der Waals surface area (Å²) < 4.78 is 18.9. The second-order valence-corrected chi connectivity index (χ2v) is 11.0. The molecule has 0 saturated carbocycles. The van der Waals surface area contributed by atoms with Gasteiger partial charge in [0.2, 0.25) is 0 Å². The van der Waals surface area contributed by atoms with E-state index in [1.165, 1.54) is 12.1 Å². The van der Waals surface area contributed by atoms with Crippen LogP contribution in [0.1, 0.15) is 29.5 Å². The average molecular weight is 547 g/mol. The summed E-state index contributed by atoms with van der Waals surface area (Å²) >= 11 is 0. The lowest BCUT2D eigenvalue weighted by Crippen LogP contribution is -2.36. The van der Waals surface area contributed by atoms with Crippen molar-refractivity contribution in [2.45, 2.75) is 25.8 Å². The number of carbonyl (C=O) groups excluding carboxylic acids is 1. The van der Waals surface area contributed by atoms with Gasteiger partial charge < -0.3 is 20.3 Å². The summed E-state index contributed by atoms with van der Waals surface area (Å²) in [6.07, 6.45) is 3.78. The Morgan fingerprint density at radius 2 is 1.73 bits per heavy atom. The van der Waals surface area contributed by atoms with Crippen molar-refractivity contribution in [3.8, 4) is 22.3 Å². The van der Waals surface area contributed by atoms with Gasteiger partial charge in [0.25, 0.3) is 5.91 Å². The van der Waals surface area contributed by atoms with Crippen molar-refractivity contribution >= 4 is 22.9 Å². The zero-order chi connectivity index (χ0) is 28.1. The number of fused-ring (bicyclic) bond motifs is 2. The summed E-state index contributed by atoms with van der Waals surface area (Å²) in [7, 11) is 0. The standard InChI is InChI=1S/C34H31FN4O2/c1-20-15-26(8-10-28(20)22-3-6-25(35)7-4-22)37-34(40)31-30-17-23(5-9-29(30)21(2)32-33(31)38-32)24-16-27(19-36-18-24)39-11-13-41-14-12-39/h3-10,15-19,21,32,38H,11-14H2,1-2H3,(H,37,40)/t21-,32?/m0/s1. The van der Waals surface area contributed by atoms with Crippen LogP contribution in [0, 0.1) is 12.7 Å². The van der Waals surface area contributed by atoms with E-state index in [9.17, 15) is 9.18 Å². The summed E-state index contributed by atoms with van der Waals surface area (Å²) in [5.41, 5.74) is 10.6. The second-order valence-electron chi connectivity index (χ2n) is 11.0. The monoisotopic (exact) mass is 546 g/mol. The van der Waals surface area contributed by atoms with Crippen LogP contribution in [-0.2, 0) is 9.53 Å². The van der Waals surface area contributed by atoms with Gasteiger partial charge >= 0.3 is 0 Å². The van der Waals surface area contributed by atoms with Crippen molar-refractivity contribution in [1.29, 1.82) is 0 Å². The maximum atomic E-state index is 13.8. The van der Waals surface area contributed by atoms with Crippen molar-refractivity contribution in [2.24, 2.45) is 0 Å². The Balaban J connectivity index is 1.18. The smallest absolute Gasteiger partial charge is 0.258 e. The molecule has 4 aromatic rings. The number of rotatable bonds is 5. The first-order chi connectivity index (χ1) is 20.0. The van der Waals surface area contributed by atoms with Gasteiger partial charge in [-0.2, -0.15) is 0 Å². The molecule has 1 aromatic heterocycles. The van der Waals surface area contributed by atoms with E-state index in [4.69, 9.17) is 4.74 Å². The van der Waals surface area contributed by atoms with Crippen molar-refractivity contribution < 1.29 is 13.9 Å². The highest BCUT2D eigenvalue weighted by molar-refractivity contribution is 6.27. The topological polar surface area (TPSA) is 76.4 Å². The lowest BCUT2D eigenvalue weighted by Gasteiger charge is -2.28. The summed E-state index contributed by atoms with van der Waals surface area (Å²) in [5, 5.41) is 6.60. The molecule has 3 aromatic carbocycles. The van der Waals surface area contributed by atoms with Crippen LogP contribution in [0.2, 0.25) is 0 Å². The lowest BCUT2D eigenvalue weighted by atomic mass is 9.82. The molecule has 1 aliphatic carbocycles. The van der Waals surface area contributed by atoms with Gasteiger partial charge in [-0.05, 0) is 76.7 Å². The van der Waals surface area contributed by atoms with Gasteiger partial charge in [0, 0.05) is 42.2 Å². The van der Waals surface area contributed by atoms with E-state index in [0.29, 0.717) is 5.57 Å². The number of nitrogens with one attached hydrogen (secondary N) is 2. The van der Waals surface area contributed by atoms with E-state index in [1.807, 2.05) is 37.5 Å². The number of benzene rings is 3. The minimum absolute atomic E-state index is 0.130. The molecule has 2 saturated heterocycles. The van der Waals surface area contributed by atoms with Crippen LogP contribution in [0.15, 0.2) is 84.8 Å². The van der Waals surface area contributed by atoms with Gasteiger partial charge in [-0.25, -0.2) is 4.39 Å². The minimum Gasteiger partial charge on any atom is -0.378 e. The van der Waals surface area contributed by atoms with Crippen molar-refractivity contribution in [1.82, 2.24) is 10.3 Å². The number of amides is 1. The minimum atomic E-state index is -0.261. The van der Waals surface area contributed by atoms with E-state index in [-0.39, 0.29) is 23.7 Å². The third kappa shape index (κ3) is 4.76. The average Bonchev–Trinajstić information content (AvgIpc) is 3.79.